The molecule has 0 aliphatic carbocycles. The third-order valence-corrected chi connectivity index (χ3v) is 1.81. The van der Waals surface area contributed by atoms with Gasteiger partial charge in [0.05, 0.1) is 7.11 Å². The average Bonchev–Trinajstić information content (AvgIpc) is 2.43. The Morgan fingerprint density at radius 1 is 1.43 bits per heavy atom. The molecule has 0 spiro atoms. The highest BCUT2D eigenvalue weighted by atomic mass is 35.5. The number of halogens is 1. The summed E-state index contributed by atoms with van der Waals surface area (Å²) in [5, 5.41) is 0. The van der Waals surface area contributed by atoms with Crippen molar-refractivity contribution in [3.05, 3.63) is 18.0 Å². The number of aryl methyl sites for hydroxylation is 1. The van der Waals surface area contributed by atoms with E-state index in [1.165, 1.54) is 0 Å². The van der Waals surface area contributed by atoms with Gasteiger partial charge in [-0.15, -0.1) is 12.4 Å². The van der Waals surface area contributed by atoms with E-state index in [9.17, 15) is 0 Å². The number of aromatic nitrogens is 1. The van der Waals surface area contributed by atoms with E-state index in [2.05, 4.69) is 4.98 Å². The lowest BCUT2D eigenvalue weighted by Gasteiger charge is -2.00. The van der Waals surface area contributed by atoms with Gasteiger partial charge in [-0.1, -0.05) is 0 Å². The molecular formula is C9H11ClN2O2. The largest absolute Gasteiger partial charge is 0.494 e. The van der Waals surface area contributed by atoms with Gasteiger partial charge >= 0.3 is 0 Å². The van der Waals surface area contributed by atoms with Gasteiger partial charge in [0.1, 0.15) is 0 Å². The minimum atomic E-state index is 0. The number of anilines is 1. The lowest BCUT2D eigenvalue weighted by atomic mass is 10.2. The fourth-order valence-electron chi connectivity index (χ4n) is 1.29. The normalized spacial score (nSPS) is 9.86. The van der Waals surface area contributed by atoms with Crippen LogP contribution < -0.4 is 10.5 Å². The molecule has 4 nitrogen and oxygen atoms in total. The number of rotatable bonds is 1. The Morgan fingerprint density at radius 3 is 2.79 bits per heavy atom. The first-order chi connectivity index (χ1) is 6.20. The Kier molecular flexibility index (Phi) is 2.86. The quantitative estimate of drug-likeness (QED) is 0.739. The van der Waals surface area contributed by atoms with Crippen LogP contribution >= 0.6 is 12.4 Å². The maximum absolute atomic E-state index is 5.64. The van der Waals surface area contributed by atoms with Gasteiger partial charge in [0.25, 0.3) is 0 Å². The number of nitrogen functional groups attached to an aromatic ring is 1. The third kappa shape index (κ3) is 1.61. The highest BCUT2D eigenvalue weighted by Crippen LogP contribution is 2.28. The van der Waals surface area contributed by atoms with Crippen molar-refractivity contribution in [1.29, 1.82) is 0 Å². The lowest BCUT2D eigenvalue weighted by Crippen LogP contribution is -1.88. The van der Waals surface area contributed by atoms with Crippen LogP contribution in [0.1, 0.15) is 5.89 Å². The van der Waals surface area contributed by atoms with Crippen molar-refractivity contribution < 1.29 is 9.15 Å². The molecule has 14 heavy (non-hydrogen) atoms. The van der Waals surface area contributed by atoms with Gasteiger partial charge in [0.2, 0.25) is 0 Å². The van der Waals surface area contributed by atoms with E-state index in [4.69, 9.17) is 14.9 Å². The van der Waals surface area contributed by atoms with Gasteiger partial charge in [-0.2, -0.15) is 0 Å². The van der Waals surface area contributed by atoms with E-state index < -0.39 is 0 Å². The van der Waals surface area contributed by atoms with Gasteiger partial charge in [-0.3, -0.25) is 0 Å². The summed E-state index contributed by atoms with van der Waals surface area (Å²) in [6, 6.07) is 3.46. The van der Waals surface area contributed by atoms with Crippen LogP contribution in [0.25, 0.3) is 11.1 Å². The molecule has 0 saturated heterocycles. The van der Waals surface area contributed by atoms with Crippen LogP contribution in [0, 0.1) is 6.92 Å². The summed E-state index contributed by atoms with van der Waals surface area (Å²) < 4.78 is 10.4. The molecule has 1 aromatic carbocycles. The zero-order valence-corrected chi connectivity index (χ0v) is 8.72. The van der Waals surface area contributed by atoms with Crippen LogP contribution in [-0.2, 0) is 0 Å². The Bertz CT molecular complexity index is 453. The highest BCUT2D eigenvalue weighted by Gasteiger charge is 2.08. The maximum atomic E-state index is 5.64. The summed E-state index contributed by atoms with van der Waals surface area (Å²) in [5.74, 6) is 1.26. The molecular weight excluding hydrogens is 204 g/mol. The fourth-order valence-corrected chi connectivity index (χ4v) is 1.29. The summed E-state index contributed by atoms with van der Waals surface area (Å²) >= 11 is 0. The molecule has 0 aliphatic rings. The zero-order chi connectivity index (χ0) is 9.42. The summed E-state index contributed by atoms with van der Waals surface area (Å²) in [5.41, 5.74) is 7.63. The van der Waals surface area contributed by atoms with Gasteiger partial charge in [-0.05, 0) is 0 Å². The number of hydrogen-bond acceptors (Lipinski definition) is 4. The first-order valence-corrected chi connectivity index (χ1v) is 3.91. The molecule has 0 saturated carbocycles. The lowest BCUT2D eigenvalue weighted by molar-refractivity contribution is 0.419. The maximum Gasteiger partial charge on any atom is 0.192 e. The highest BCUT2D eigenvalue weighted by molar-refractivity contribution is 5.85. The third-order valence-electron chi connectivity index (χ3n) is 1.81. The SMILES string of the molecule is COc1cc(N)cc2oc(C)nc12.Cl. The van der Waals surface area contributed by atoms with Crippen LogP contribution in [0.3, 0.4) is 0 Å². The topological polar surface area (TPSA) is 61.3 Å². The van der Waals surface area contributed by atoms with E-state index in [-0.39, 0.29) is 12.4 Å². The first-order valence-electron chi connectivity index (χ1n) is 3.91. The number of methoxy groups -OCH3 is 1. The van der Waals surface area contributed by atoms with E-state index in [0.29, 0.717) is 28.4 Å². The number of hydrogen-bond donors (Lipinski definition) is 1. The molecule has 76 valence electrons. The standard InChI is InChI=1S/C9H10N2O2.ClH/c1-5-11-9-7(12-2)3-6(10)4-8(9)13-5;/h3-4H,10H2,1-2H3;1H. The van der Waals surface area contributed by atoms with Gasteiger partial charge in [0, 0.05) is 24.7 Å². The first kappa shape index (κ1) is 10.7. The Balaban J connectivity index is 0.000000980. The monoisotopic (exact) mass is 214 g/mol. The van der Waals surface area contributed by atoms with Crippen molar-refractivity contribution in [2.75, 3.05) is 12.8 Å². The van der Waals surface area contributed by atoms with Crippen molar-refractivity contribution >= 4 is 29.2 Å². The predicted molar refractivity (Wildman–Crippen MR) is 57.0 cm³/mol. The molecule has 2 N–H and O–H groups in total. The predicted octanol–water partition coefficient (Wildman–Crippen LogP) is 2.15. The number of nitrogens with zero attached hydrogens (tertiary/aromatic N) is 1. The molecule has 0 aliphatic heterocycles. The fraction of sp³-hybridized carbons (Fsp3) is 0.222. The smallest absolute Gasteiger partial charge is 0.192 e. The van der Waals surface area contributed by atoms with Crippen molar-refractivity contribution in [1.82, 2.24) is 4.98 Å². The molecule has 2 aromatic rings. The van der Waals surface area contributed by atoms with Crippen molar-refractivity contribution in [2.24, 2.45) is 0 Å². The van der Waals surface area contributed by atoms with E-state index >= 15 is 0 Å². The second-order valence-electron chi connectivity index (χ2n) is 2.80. The molecule has 1 heterocycles. The van der Waals surface area contributed by atoms with E-state index in [1.54, 1.807) is 26.2 Å². The van der Waals surface area contributed by atoms with Gasteiger partial charge in [-0.25, -0.2) is 4.98 Å². The minimum absolute atomic E-state index is 0. The summed E-state index contributed by atoms with van der Waals surface area (Å²) in [7, 11) is 1.58. The van der Waals surface area contributed by atoms with Crippen LogP contribution in [0.15, 0.2) is 16.5 Å². The Hall–Kier alpha value is -1.42. The molecule has 5 heteroatoms. The molecule has 0 unspecified atom stereocenters. The number of benzene rings is 1. The number of fused-ring (bicyclic) bond motifs is 1. The van der Waals surface area contributed by atoms with E-state index in [0.717, 1.165) is 0 Å². The van der Waals surface area contributed by atoms with Crippen LogP contribution in [-0.4, -0.2) is 12.1 Å². The second-order valence-corrected chi connectivity index (χ2v) is 2.80. The van der Waals surface area contributed by atoms with Crippen LogP contribution in [0.2, 0.25) is 0 Å². The van der Waals surface area contributed by atoms with E-state index in [1.807, 2.05) is 0 Å². The van der Waals surface area contributed by atoms with Gasteiger partial charge < -0.3 is 14.9 Å². The van der Waals surface area contributed by atoms with Crippen LogP contribution in [0.4, 0.5) is 5.69 Å². The zero-order valence-electron chi connectivity index (χ0n) is 7.90. The molecule has 0 amide bonds. The molecule has 0 bridgehead atoms. The Morgan fingerprint density at radius 2 is 2.14 bits per heavy atom. The van der Waals surface area contributed by atoms with Crippen molar-refractivity contribution in [2.45, 2.75) is 6.92 Å². The molecule has 0 atom stereocenters. The van der Waals surface area contributed by atoms with Gasteiger partial charge in [0.15, 0.2) is 22.7 Å². The number of oxazole rings is 1. The molecule has 0 fully saturated rings. The molecule has 1 aromatic heterocycles. The molecule has 2 rings (SSSR count). The average molecular weight is 215 g/mol. The Labute approximate surface area is 87.5 Å². The molecule has 0 radical (unpaired) electrons. The number of nitrogens with two attached hydrogens (primary N) is 1. The minimum Gasteiger partial charge on any atom is -0.494 e. The second kappa shape index (κ2) is 3.75. The van der Waals surface area contributed by atoms with Crippen LogP contribution in [0.5, 0.6) is 5.75 Å². The summed E-state index contributed by atoms with van der Waals surface area (Å²) in [4.78, 5) is 4.18. The summed E-state index contributed by atoms with van der Waals surface area (Å²) in [6.45, 7) is 1.79. The number of ether oxygens (including phenoxy) is 1. The van der Waals surface area contributed by atoms with Crippen molar-refractivity contribution in [3.63, 3.8) is 0 Å². The van der Waals surface area contributed by atoms with Crippen molar-refractivity contribution in [3.8, 4) is 5.75 Å². The summed E-state index contributed by atoms with van der Waals surface area (Å²) in [6.07, 6.45) is 0.